The standard InChI is InChI=1S/C24H32FN3OS/c1-27(24(30-2)26-21-8-4-3-5-9-21)22-14-17-28(18-15-22)16-6-7-19-29-23-12-10-20(25)11-13-23/h3-5,8-13,22H,6-7,14-19H2,1-2H3. The van der Waals surface area contributed by atoms with Crippen molar-refractivity contribution in [3.8, 4) is 5.75 Å². The van der Waals surface area contributed by atoms with Crippen molar-refractivity contribution in [1.82, 2.24) is 9.80 Å². The number of hydrogen-bond acceptors (Lipinski definition) is 4. The highest BCUT2D eigenvalue weighted by atomic mass is 32.2. The molecule has 3 rings (SSSR count). The fourth-order valence-electron chi connectivity index (χ4n) is 3.73. The van der Waals surface area contributed by atoms with Crippen molar-refractivity contribution in [3.05, 3.63) is 60.4 Å². The summed E-state index contributed by atoms with van der Waals surface area (Å²) in [4.78, 5) is 9.73. The molecule has 1 aliphatic rings. The number of rotatable bonds is 8. The lowest BCUT2D eigenvalue weighted by molar-refractivity contribution is 0.162. The molecule has 0 saturated carbocycles. The highest BCUT2D eigenvalue weighted by Crippen LogP contribution is 2.22. The summed E-state index contributed by atoms with van der Waals surface area (Å²) in [6.07, 6.45) is 6.56. The van der Waals surface area contributed by atoms with Crippen LogP contribution in [0.15, 0.2) is 59.6 Å². The molecular formula is C24H32FN3OS. The molecule has 162 valence electrons. The third-order valence-corrected chi connectivity index (χ3v) is 6.27. The Balaban J connectivity index is 1.35. The van der Waals surface area contributed by atoms with Gasteiger partial charge in [-0.05, 0) is 74.9 Å². The van der Waals surface area contributed by atoms with E-state index >= 15 is 0 Å². The van der Waals surface area contributed by atoms with Crippen molar-refractivity contribution in [2.75, 3.05) is 39.5 Å². The van der Waals surface area contributed by atoms with E-state index in [-0.39, 0.29) is 5.82 Å². The largest absolute Gasteiger partial charge is 0.494 e. The van der Waals surface area contributed by atoms with Crippen LogP contribution in [0, 0.1) is 5.82 Å². The summed E-state index contributed by atoms with van der Waals surface area (Å²) in [6.45, 7) is 4.04. The zero-order valence-electron chi connectivity index (χ0n) is 18.0. The predicted octanol–water partition coefficient (Wildman–Crippen LogP) is 5.43. The SMILES string of the molecule is CSC(=Nc1ccccc1)N(C)C1CCN(CCCCOc2ccc(F)cc2)CC1. The minimum absolute atomic E-state index is 0.229. The van der Waals surface area contributed by atoms with E-state index in [1.807, 2.05) is 30.3 Å². The van der Waals surface area contributed by atoms with E-state index in [9.17, 15) is 4.39 Å². The number of ether oxygens (including phenoxy) is 1. The van der Waals surface area contributed by atoms with Crippen molar-refractivity contribution < 1.29 is 9.13 Å². The van der Waals surface area contributed by atoms with Crippen LogP contribution in [0.2, 0.25) is 0 Å². The summed E-state index contributed by atoms with van der Waals surface area (Å²) in [5.41, 5.74) is 1.01. The maximum absolute atomic E-state index is 12.9. The summed E-state index contributed by atoms with van der Waals surface area (Å²) in [6, 6.07) is 16.9. The van der Waals surface area contributed by atoms with E-state index in [1.54, 1.807) is 23.9 Å². The number of unbranched alkanes of at least 4 members (excludes halogenated alkanes) is 1. The van der Waals surface area contributed by atoms with Gasteiger partial charge in [0, 0.05) is 26.2 Å². The molecule has 0 aromatic heterocycles. The number of nitrogens with zero attached hydrogens (tertiary/aromatic N) is 3. The maximum Gasteiger partial charge on any atom is 0.164 e. The van der Waals surface area contributed by atoms with Crippen molar-refractivity contribution in [2.24, 2.45) is 4.99 Å². The molecule has 0 bridgehead atoms. The molecule has 1 aliphatic heterocycles. The number of piperidine rings is 1. The first-order chi connectivity index (χ1) is 14.7. The first kappa shape index (κ1) is 22.6. The first-order valence-corrected chi connectivity index (χ1v) is 11.9. The number of para-hydroxylation sites is 1. The lowest BCUT2D eigenvalue weighted by atomic mass is 10.0. The molecule has 0 N–H and O–H groups in total. The molecule has 0 atom stereocenters. The van der Waals surface area contributed by atoms with Gasteiger partial charge in [-0.1, -0.05) is 30.0 Å². The van der Waals surface area contributed by atoms with Gasteiger partial charge in [0.15, 0.2) is 5.17 Å². The third-order valence-electron chi connectivity index (χ3n) is 5.52. The summed E-state index contributed by atoms with van der Waals surface area (Å²) >= 11 is 1.71. The van der Waals surface area contributed by atoms with Crippen LogP contribution in [0.3, 0.4) is 0 Å². The Kier molecular flexibility index (Phi) is 9.02. The van der Waals surface area contributed by atoms with Gasteiger partial charge in [-0.15, -0.1) is 0 Å². The Morgan fingerprint density at radius 3 is 2.47 bits per heavy atom. The Morgan fingerprint density at radius 2 is 1.80 bits per heavy atom. The Labute approximate surface area is 184 Å². The van der Waals surface area contributed by atoms with Gasteiger partial charge in [-0.3, -0.25) is 0 Å². The fourth-order valence-corrected chi connectivity index (χ4v) is 4.36. The van der Waals surface area contributed by atoms with Crippen LogP contribution in [0.1, 0.15) is 25.7 Å². The van der Waals surface area contributed by atoms with E-state index in [0.29, 0.717) is 12.6 Å². The van der Waals surface area contributed by atoms with Gasteiger partial charge in [0.1, 0.15) is 11.6 Å². The van der Waals surface area contributed by atoms with Gasteiger partial charge < -0.3 is 14.5 Å². The summed E-state index contributed by atoms with van der Waals surface area (Å²) in [7, 11) is 2.17. The second kappa shape index (κ2) is 12.0. The molecule has 6 heteroatoms. The van der Waals surface area contributed by atoms with Crippen LogP contribution in [0.4, 0.5) is 10.1 Å². The molecule has 1 fully saturated rings. The van der Waals surface area contributed by atoms with E-state index < -0.39 is 0 Å². The molecule has 0 spiro atoms. The Hall–Kier alpha value is -2.05. The van der Waals surface area contributed by atoms with Gasteiger partial charge in [0.2, 0.25) is 0 Å². The first-order valence-electron chi connectivity index (χ1n) is 10.7. The quantitative estimate of drug-likeness (QED) is 0.318. The van der Waals surface area contributed by atoms with Gasteiger partial charge in [0.25, 0.3) is 0 Å². The predicted molar refractivity (Wildman–Crippen MR) is 125 cm³/mol. The number of halogens is 1. The van der Waals surface area contributed by atoms with Gasteiger partial charge in [-0.25, -0.2) is 9.38 Å². The number of amidine groups is 1. The van der Waals surface area contributed by atoms with Crippen molar-refractivity contribution in [1.29, 1.82) is 0 Å². The maximum atomic E-state index is 12.9. The van der Waals surface area contributed by atoms with E-state index in [2.05, 4.69) is 23.1 Å². The zero-order chi connectivity index (χ0) is 21.2. The number of benzene rings is 2. The molecule has 30 heavy (non-hydrogen) atoms. The van der Waals surface area contributed by atoms with Crippen LogP contribution in [-0.2, 0) is 0 Å². The van der Waals surface area contributed by atoms with E-state index in [1.165, 1.54) is 12.1 Å². The Morgan fingerprint density at radius 1 is 1.10 bits per heavy atom. The fraction of sp³-hybridized carbons (Fsp3) is 0.458. The normalized spacial score (nSPS) is 15.9. The second-order valence-electron chi connectivity index (χ2n) is 7.63. The molecule has 2 aromatic carbocycles. The molecule has 4 nitrogen and oxygen atoms in total. The van der Waals surface area contributed by atoms with Crippen LogP contribution in [0.25, 0.3) is 0 Å². The summed E-state index contributed by atoms with van der Waals surface area (Å²) in [5.74, 6) is 0.509. The third kappa shape index (κ3) is 7.03. The minimum atomic E-state index is -0.229. The Bertz CT molecular complexity index is 777. The highest BCUT2D eigenvalue weighted by molar-refractivity contribution is 8.13. The van der Waals surface area contributed by atoms with Gasteiger partial charge in [-0.2, -0.15) is 0 Å². The van der Waals surface area contributed by atoms with Crippen LogP contribution >= 0.6 is 11.8 Å². The smallest absolute Gasteiger partial charge is 0.164 e. The highest BCUT2D eigenvalue weighted by Gasteiger charge is 2.24. The van der Waals surface area contributed by atoms with Crippen LogP contribution in [-0.4, -0.2) is 60.6 Å². The second-order valence-corrected chi connectivity index (χ2v) is 8.40. The monoisotopic (exact) mass is 429 g/mol. The van der Waals surface area contributed by atoms with Crippen LogP contribution < -0.4 is 4.74 Å². The molecule has 0 radical (unpaired) electrons. The average Bonchev–Trinajstić information content (AvgIpc) is 2.79. The molecule has 0 aliphatic carbocycles. The molecule has 0 amide bonds. The molecule has 1 heterocycles. The molecule has 1 saturated heterocycles. The lowest BCUT2D eigenvalue weighted by Crippen LogP contribution is -2.45. The van der Waals surface area contributed by atoms with Crippen molar-refractivity contribution in [3.63, 3.8) is 0 Å². The minimum Gasteiger partial charge on any atom is -0.494 e. The van der Waals surface area contributed by atoms with Crippen molar-refractivity contribution in [2.45, 2.75) is 31.7 Å². The summed E-state index contributed by atoms with van der Waals surface area (Å²) < 4.78 is 18.6. The lowest BCUT2D eigenvalue weighted by Gasteiger charge is -2.37. The number of hydrogen-bond donors (Lipinski definition) is 0. The zero-order valence-corrected chi connectivity index (χ0v) is 18.8. The van der Waals surface area contributed by atoms with Gasteiger partial charge >= 0.3 is 0 Å². The van der Waals surface area contributed by atoms with Crippen LogP contribution in [0.5, 0.6) is 5.75 Å². The average molecular weight is 430 g/mol. The number of likely N-dealkylation sites (tertiary alicyclic amines) is 1. The molecule has 2 aromatic rings. The molecular weight excluding hydrogens is 397 g/mol. The van der Waals surface area contributed by atoms with E-state index in [4.69, 9.17) is 9.73 Å². The van der Waals surface area contributed by atoms with E-state index in [0.717, 1.165) is 61.9 Å². The molecule has 0 unspecified atom stereocenters. The topological polar surface area (TPSA) is 28.1 Å². The van der Waals surface area contributed by atoms with Crippen molar-refractivity contribution >= 4 is 22.6 Å². The number of aliphatic imine (C=N–C) groups is 1. The summed E-state index contributed by atoms with van der Waals surface area (Å²) in [5, 5.41) is 1.08. The number of thioether (sulfide) groups is 1. The van der Waals surface area contributed by atoms with Gasteiger partial charge in [0.05, 0.1) is 12.3 Å².